The molecule has 1 aliphatic carbocycles. The van der Waals surface area contributed by atoms with Crippen molar-refractivity contribution in [2.24, 2.45) is 7.05 Å². The molecule has 176 valence electrons. The Labute approximate surface area is 200 Å². The van der Waals surface area contributed by atoms with Crippen LogP contribution in [0.5, 0.6) is 0 Å². The molecular weight excluding hydrogens is 469 g/mol. The lowest BCUT2D eigenvalue weighted by Gasteiger charge is -2.12. The molecule has 0 radical (unpaired) electrons. The van der Waals surface area contributed by atoms with Crippen molar-refractivity contribution in [3.63, 3.8) is 0 Å². The van der Waals surface area contributed by atoms with Crippen LogP contribution < -0.4 is 4.72 Å². The number of pyridine rings is 2. The highest BCUT2D eigenvalue weighted by Crippen LogP contribution is 2.32. The quantitative estimate of drug-likeness (QED) is 0.387. The maximum absolute atomic E-state index is 14.6. The Kier molecular flexibility index (Phi) is 4.88. The van der Waals surface area contributed by atoms with Gasteiger partial charge in [-0.1, -0.05) is 6.07 Å². The van der Waals surface area contributed by atoms with Crippen LogP contribution in [0.15, 0.2) is 67.4 Å². The number of imidazole rings is 1. The van der Waals surface area contributed by atoms with Gasteiger partial charge in [-0.25, -0.2) is 22.8 Å². The highest BCUT2D eigenvalue weighted by molar-refractivity contribution is 7.93. The lowest BCUT2D eigenvalue weighted by Crippen LogP contribution is -2.18. The molecule has 4 heterocycles. The first-order valence-corrected chi connectivity index (χ1v) is 12.5. The Morgan fingerprint density at radius 3 is 2.66 bits per heavy atom. The third-order valence-corrected chi connectivity index (χ3v) is 7.73. The van der Waals surface area contributed by atoms with Gasteiger partial charge < -0.3 is 0 Å². The van der Waals surface area contributed by atoms with E-state index in [0.29, 0.717) is 24.2 Å². The molecule has 11 heteroatoms. The maximum atomic E-state index is 14.6. The minimum absolute atomic E-state index is 0.100. The van der Waals surface area contributed by atoms with Crippen LogP contribution in [0.4, 0.5) is 10.2 Å². The van der Waals surface area contributed by atoms with Crippen molar-refractivity contribution >= 4 is 26.9 Å². The van der Waals surface area contributed by atoms with Crippen LogP contribution in [0.25, 0.3) is 39.2 Å². The van der Waals surface area contributed by atoms with Crippen LogP contribution >= 0.6 is 0 Å². The molecule has 9 nitrogen and oxygen atoms in total. The summed E-state index contributed by atoms with van der Waals surface area (Å²) in [5.74, 6) is -0.0294. The number of rotatable bonds is 6. The minimum Gasteiger partial charge on any atom is -0.283 e. The Hall–Kier alpha value is -4.12. The first kappa shape index (κ1) is 21.4. The van der Waals surface area contributed by atoms with Crippen LogP contribution in [0, 0.1) is 5.82 Å². The maximum Gasteiger partial charge on any atom is 0.236 e. The zero-order valence-corrected chi connectivity index (χ0v) is 19.4. The van der Waals surface area contributed by atoms with E-state index in [9.17, 15) is 12.8 Å². The van der Waals surface area contributed by atoms with E-state index in [1.54, 1.807) is 27.8 Å². The van der Waals surface area contributed by atoms with Gasteiger partial charge in [-0.2, -0.15) is 5.10 Å². The smallest absolute Gasteiger partial charge is 0.236 e. The molecule has 35 heavy (non-hydrogen) atoms. The number of fused-ring (bicyclic) bond motifs is 1. The SMILES string of the molecule is Cn1cc(-c2ccc3c(c2)ncn3-c2cc(-c3ncccc3F)cc(NS(=O)(=O)C3CC3)n2)cn1. The normalized spacial score (nSPS) is 13.9. The zero-order valence-electron chi connectivity index (χ0n) is 18.6. The second-order valence-electron chi connectivity index (χ2n) is 8.50. The topological polar surface area (TPSA) is 108 Å². The number of hydrogen-bond acceptors (Lipinski definition) is 6. The number of aryl methyl sites for hydroxylation is 1. The molecule has 1 aliphatic rings. The van der Waals surface area contributed by atoms with Gasteiger partial charge in [-0.15, -0.1) is 0 Å². The van der Waals surface area contributed by atoms with Gasteiger partial charge in [0.15, 0.2) is 0 Å². The molecule has 0 aliphatic heterocycles. The van der Waals surface area contributed by atoms with E-state index in [1.807, 2.05) is 31.4 Å². The third-order valence-electron chi connectivity index (χ3n) is 5.89. The largest absolute Gasteiger partial charge is 0.283 e. The number of sulfonamides is 1. The van der Waals surface area contributed by atoms with Gasteiger partial charge in [-0.05, 0) is 54.8 Å². The number of aromatic nitrogens is 6. The van der Waals surface area contributed by atoms with Crippen molar-refractivity contribution in [2.75, 3.05) is 4.72 Å². The van der Waals surface area contributed by atoms with E-state index in [0.717, 1.165) is 22.2 Å². The number of nitrogens with one attached hydrogen (secondary N) is 1. The summed E-state index contributed by atoms with van der Waals surface area (Å²) >= 11 is 0. The van der Waals surface area contributed by atoms with Crippen molar-refractivity contribution in [1.82, 2.24) is 29.3 Å². The highest BCUT2D eigenvalue weighted by Gasteiger charge is 2.36. The van der Waals surface area contributed by atoms with Gasteiger partial charge in [0.2, 0.25) is 10.0 Å². The monoisotopic (exact) mass is 489 g/mol. The predicted octanol–water partition coefficient (Wildman–Crippen LogP) is 3.93. The summed E-state index contributed by atoms with van der Waals surface area (Å²) in [6.07, 6.45) is 8.02. The number of nitrogens with zero attached hydrogens (tertiary/aromatic N) is 6. The first-order chi connectivity index (χ1) is 16.9. The number of anilines is 1. The fourth-order valence-electron chi connectivity index (χ4n) is 3.98. The van der Waals surface area contributed by atoms with Crippen molar-refractivity contribution in [3.8, 4) is 28.2 Å². The van der Waals surface area contributed by atoms with E-state index in [-0.39, 0.29) is 11.5 Å². The summed E-state index contributed by atoms with van der Waals surface area (Å²) < 4.78 is 45.8. The van der Waals surface area contributed by atoms with Crippen molar-refractivity contribution in [1.29, 1.82) is 0 Å². The molecule has 0 unspecified atom stereocenters. The third kappa shape index (κ3) is 4.03. The Balaban J connectivity index is 1.47. The van der Waals surface area contributed by atoms with Gasteiger partial charge in [-0.3, -0.25) is 19.0 Å². The average Bonchev–Trinajstić information content (AvgIpc) is 3.49. The average molecular weight is 490 g/mol. The van der Waals surface area contributed by atoms with Gasteiger partial charge in [0.05, 0.1) is 22.5 Å². The van der Waals surface area contributed by atoms with Crippen LogP contribution in [0.1, 0.15) is 12.8 Å². The van der Waals surface area contributed by atoms with E-state index >= 15 is 0 Å². The second-order valence-corrected chi connectivity index (χ2v) is 10.5. The Morgan fingerprint density at radius 2 is 1.91 bits per heavy atom. The Morgan fingerprint density at radius 1 is 1.06 bits per heavy atom. The van der Waals surface area contributed by atoms with Crippen LogP contribution in [-0.4, -0.2) is 43.0 Å². The summed E-state index contributed by atoms with van der Waals surface area (Å²) in [6, 6.07) is 11.8. The number of benzene rings is 1. The fraction of sp³-hybridized carbons (Fsp3) is 0.167. The molecule has 1 aromatic carbocycles. The first-order valence-electron chi connectivity index (χ1n) is 11.0. The van der Waals surface area contributed by atoms with E-state index in [4.69, 9.17) is 0 Å². The number of halogens is 1. The van der Waals surface area contributed by atoms with Gasteiger partial charge in [0, 0.05) is 30.6 Å². The van der Waals surface area contributed by atoms with Crippen LogP contribution in [0.2, 0.25) is 0 Å². The lowest BCUT2D eigenvalue weighted by atomic mass is 10.1. The predicted molar refractivity (Wildman–Crippen MR) is 130 cm³/mol. The van der Waals surface area contributed by atoms with E-state index in [2.05, 4.69) is 24.8 Å². The molecule has 5 aromatic rings. The summed E-state index contributed by atoms with van der Waals surface area (Å²) in [5.41, 5.74) is 3.92. The fourth-order valence-corrected chi connectivity index (χ4v) is 5.30. The van der Waals surface area contributed by atoms with E-state index in [1.165, 1.54) is 24.4 Å². The van der Waals surface area contributed by atoms with Gasteiger partial charge in [0.1, 0.15) is 29.5 Å². The van der Waals surface area contributed by atoms with Crippen molar-refractivity contribution in [3.05, 3.63) is 73.2 Å². The summed E-state index contributed by atoms with van der Waals surface area (Å²) in [6.45, 7) is 0. The molecule has 0 spiro atoms. The standard InChI is InChI=1S/C24H20FN7O2S/c1-31-13-17(12-28-31)15-4-7-21-20(9-15)27-14-32(21)23-11-16(24-19(25)3-2-8-26-24)10-22(29-23)30-35(33,34)18-5-6-18/h2-4,7-14,18H,5-6H2,1H3,(H,29,30). The lowest BCUT2D eigenvalue weighted by molar-refractivity contribution is 0.600. The van der Waals surface area contributed by atoms with Crippen molar-refractivity contribution in [2.45, 2.75) is 18.1 Å². The molecule has 4 aromatic heterocycles. The molecule has 1 saturated carbocycles. The molecule has 6 rings (SSSR count). The molecular formula is C24H20FN7O2S. The van der Waals surface area contributed by atoms with Crippen LogP contribution in [-0.2, 0) is 17.1 Å². The minimum atomic E-state index is -3.57. The number of hydrogen-bond donors (Lipinski definition) is 1. The van der Waals surface area contributed by atoms with Crippen LogP contribution in [0.3, 0.4) is 0 Å². The summed E-state index contributed by atoms with van der Waals surface area (Å²) in [7, 11) is -1.71. The highest BCUT2D eigenvalue weighted by atomic mass is 32.2. The zero-order chi connectivity index (χ0) is 24.2. The molecule has 0 amide bonds. The second kappa shape index (κ2) is 7.98. The summed E-state index contributed by atoms with van der Waals surface area (Å²) in [5, 5.41) is 3.79. The Bertz CT molecular complexity index is 1690. The molecule has 1 fully saturated rings. The molecule has 1 N–H and O–H groups in total. The molecule has 0 saturated heterocycles. The summed E-state index contributed by atoms with van der Waals surface area (Å²) in [4.78, 5) is 13.2. The molecule has 0 atom stereocenters. The van der Waals surface area contributed by atoms with Crippen molar-refractivity contribution < 1.29 is 12.8 Å². The van der Waals surface area contributed by atoms with Gasteiger partial charge >= 0.3 is 0 Å². The van der Waals surface area contributed by atoms with Gasteiger partial charge in [0.25, 0.3) is 0 Å². The van der Waals surface area contributed by atoms with E-state index < -0.39 is 21.1 Å². The molecule has 0 bridgehead atoms.